The van der Waals surface area contributed by atoms with Gasteiger partial charge in [0.2, 0.25) is 0 Å². The highest BCUT2D eigenvalue weighted by molar-refractivity contribution is 5.83. The smallest absolute Gasteiger partial charge is 0.102 e. The Balaban J connectivity index is 4.35. The highest BCUT2D eigenvalue weighted by atomic mass is 15.2. The zero-order valence-electron chi connectivity index (χ0n) is 7.96. The predicted molar refractivity (Wildman–Crippen MR) is 50.8 cm³/mol. The molecule has 0 aromatic heterocycles. The van der Waals surface area contributed by atoms with Crippen LogP contribution in [0, 0.1) is 0 Å². The van der Waals surface area contributed by atoms with Crippen molar-refractivity contribution < 1.29 is 0 Å². The first-order valence-electron chi connectivity index (χ1n) is 4.03. The zero-order chi connectivity index (χ0) is 8.85. The zero-order valence-corrected chi connectivity index (χ0v) is 7.96. The summed E-state index contributed by atoms with van der Waals surface area (Å²) in [5, 5.41) is 0. The maximum absolute atomic E-state index is 4.17. The Bertz CT molecular complexity index is 148. The summed E-state index contributed by atoms with van der Waals surface area (Å²) in [6.07, 6.45) is 2.79. The van der Waals surface area contributed by atoms with E-state index < -0.39 is 0 Å². The average molecular weight is 154 g/mol. The molecule has 0 aromatic rings. The molecule has 11 heavy (non-hydrogen) atoms. The predicted octanol–water partition coefficient (Wildman–Crippen LogP) is 2.28. The van der Waals surface area contributed by atoms with Crippen molar-refractivity contribution >= 4 is 5.84 Å². The van der Waals surface area contributed by atoms with Crippen LogP contribution >= 0.6 is 0 Å². The molecule has 2 heteroatoms. The van der Waals surface area contributed by atoms with Crippen LogP contribution in [-0.4, -0.2) is 23.8 Å². The van der Waals surface area contributed by atoms with Gasteiger partial charge in [-0.15, -0.1) is 0 Å². The number of rotatable bonds is 3. The summed E-state index contributed by atoms with van der Waals surface area (Å²) in [6, 6.07) is 0.450. The molecule has 0 aliphatic rings. The summed E-state index contributed by atoms with van der Waals surface area (Å²) < 4.78 is 0. The van der Waals surface area contributed by atoms with Crippen LogP contribution < -0.4 is 0 Å². The van der Waals surface area contributed by atoms with E-state index in [9.17, 15) is 0 Å². The van der Waals surface area contributed by atoms with Crippen molar-refractivity contribution in [3.05, 3.63) is 12.8 Å². The van der Waals surface area contributed by atoms with Gasteiger partial charge in [-0.1, -0.05) is 13.5 Å². The minimum Gasteiger partial charge on any atom is -0.335 e. The van der Waals surface area contributed by atoms with Gasteiger partial charge in [0.15, 0.2) is 0 Å². The number of aliphatic imine (C=N–C) groups is 1. The Morgan fingerprint density at radius 1 is 1.64 bits per heavy atom. The molecule has 0 saturated carbocycles. The van der Waals surface area contributed by atoms with E-state index in [4.69, 9.17) is 0 Å². The molecule has 64 valence electrons. The molecule has 0 aliphatic heterocycles. The van der Waals surface area contributed by atoms with Gasteiger partial charge in [-0.25, -0.2) is 0 Å². The standard InChI is InChI=1S/C9H18N2/c1-6-9(10-5)11(7-2)8(3)4/h7-8H,2,6H2,1,3-5H3/b10-9-. The molecule has 0 bridgehead atoms. The molecule has 0 aliphatic carbocycles. The van der Waals surface area contributed by atoms with E-state index in [1.807, 2.05) is 13.2 Å². The first kappa shape index (κ1) is 10.2. The van der Waals surface area contributed by atoms with Crippen molar-refractivity contribution in [2.75, 3.05) is 7.05 Å². The van der Waals surface area contributed by atoms with Gasteiger partial charge < -0.3 is 4.90 Å². The van der Waals surface area contributed by atoms with Crippen molar-refractivity contribution in [2.24, 2.45) is 4.99 Å². The lowest BCUT2D eigenvalue weighted by molar-refractivity contribution is 0.451. The molecule has 0 saturated heterocycles. The van der Waals surface area contributed by atoms with Crippen molar-refractivity contribution in [2.45, 2.75) is 33.2 Å². The van der Waals surface area contributed by atoms with E-state index in [1.165, 1.54) is 0 Å². The monoisotopic (exact) mass is 154 g/mol. The van der Waals surface area contributed by atoms with Crippen LogP contribution in [0.4, 0.5) is 0 Å². The lowest BCUT2D eigenvalue weighted by atomic mass is 10.3. The summed E-state index contributed by atoms with van der Waals surface area (Å²) in [4.78, 5) is 6.25. The highest BCUT2D eigenvalue weighted by Crippen LogP contribution is 2.02. The number of hydrogen-bond acceptors (Lipinski definition) is 1. The molecule has 0 unspecified atom stereocenters. The second-order valence-electron chi connectivity index (χ2n) is 2.68. The quantitative estimate of drug-likeness (QED) is 0.450. The Kier molecular flexibility index (Phi) is 4.59. The summed E-state index contributed by atoms with van der Waals surface area (Å²) >= 11 is 0. The largest absolute Gasteiger partial charge is 0.335 e. The van der Waals surface area contributed by atoms with E-state index >= 15 is 0 Å². The van der Waals surface area contributed by atoms with Crippen LogP contribution in [0.3, 0.4) is 0 Å². The second kappa shape index (κ2) is 4.94. The maximum atomic E-state index is 4.17. The summed E-state index contributed by atoms with van der Waals surface area (Å²) in [5.41, 5.74) is 0. The number of nitrogens with zero attached hydrogens (tertiary/aromatic N) is 2. The summed E-state index contributed by atoms with van der Waals surface area (Å²) in [6.45, 7) is 10.1. The van der Waals surface area contributed by atoms with Crippen molar-refractivity contribution in [3.63, 3.8) is 0 Å². The normalized spacial score (nSPS) is 11.9. The molecule has 0 spiro atoms. The molecule has 0 atom stereocenters. The first-order chi connectivity index (χ1) is 5.17. The number of hydrogen-bond donors (Lipinski definition) is 0. The molecule has 0 heterocycles. The SMILES string of the molecule is C=CN(/C(CC)=N\C)C(C)C. The van der Waals surface area contributed by atoms with Gasteiger partial charge >= 0.3 is 0 Å². The van der Waals surface area contributed by atoms with Gasteiger partial charge in [0.05, 0.1) is 0 Å². The van der Waals surface area contributed by atoms with E-state index in [0.29, 0.717) is 6.04 Å². The molecule has 0 fully saturated rings. The minimum absolute atomic E-state index is 0.450. The Hall–Kier alpha value is -0.790. The maximum Gasteiger partial charge on any atom is 0.102 e. The van der Waals surface area contributed by atoms with E-state index in [2.05, 4.69) is 37.2 Å². The fraction of sp³-hybridized carbons (Fsp3) is 0.667. The van der Waals surface area contributed by atoms with Gasteiger partial charge in [0.1, 0.15) is 5.84 Å². The lowest BCUT2D eigenvalue weighted by Gasteiger charge is -2.25. The highest BCUT2D eigenvalue weighted by Gasteiger charge is 2.07. The van der Waals surface area contributed by atoms with Crippen LogP contribution in [0.5, 0.6) is 0 Å². The summed E-state index contributed by atoms with van der Waals surface area (Å²) in [7, 11) is 1.82. The van der Waals surface area contributed by atoms with Crippen LogP contribution in [-0.2, 0) is 0 Å². The Morgan fingerprint density at radius 3 is 2.27 bits per heavy atom. The van der Waals surface area contributed by atoms with Crippen LogP contribution in [0.15, 0.2) is 17.8 Å². The van der Waals surface area contributed by atoms with E-state index in [-0.39, 0.29) is 0 Å². The summed E-state index contributed by atoms with van der Waals surface area (Å²) in [5.74, 6) is 1.09. The van der Waals surface area contributed by atoms with E-state index in [0.717, 1.165) is 12.3 Å². The average Bonchev–Trinajstić information content (AvgIpc) is 1.99. The fourth-order valence-corrected chi connectivity index (χ4v) is 1.07. The fourth-order valence-electron chi connectivity index (χ4n) is 1.07. The van der Waals surface area contributed by atoms with Crippen LogP contribution in [0.1, 0.15) is 27.2 Å². The molecule has 2 nitrogen and oxygen atoms in total. The third-order valence-corrected chi connectivity index (χ3v) is 1.63. The molecule has 0 rings (SSSR count). The molecule has 0 N–H and O–H groups in total. The Morgan fingerprint density at radius 2 is 2.18 bits per heavy atom. The van der Waals surface area contributed by atoms with Gasteiger partial charge in [-0.2, -0.15) is 0 Å². The van der Waals surface area contributed by atoms with E-state index in [1.54, 1.807) is 0 Å². The molecule has 0 amide bonds. The van der Waals surface area contributed by atoms with Crippen molar-refractivity contribution in [1.82, 2.24) is 4.90 Å². The van der Waals surface area contributed by atoms with Gasteiger partial charge in [-0.05, 0) is 20.0 Å². The minimum atomic E-state index is 0.450. The number of amidine groups is 1. The third kappa shape index (κ3) is 2.74. The lowest BCUT2D eigenvalue weighted by Crippen LogP contribution is -2.31. The molecular formula is C9H18N2. The topological polar surface area (TPSA) is 15.6 Å². The molecule has 0 radical (unpaired) electrons. The second-order valence-corrected chi connectivity index (χ2v) is 2.68. The van der Waals surface area contributed by atoms with Gasteiger partial charge in [-0.3, -0.25) is 4.99 Å². The third-order valence-electron chi connectivity index (χ3n) is 1.63. The Labute approximate surface area is 69.6 Å². The van der Waals surface area contributed by atoms with Gasteiger partial charge in [0, 0.05) is 19.5 Å². The van der Waals surface area contributed by atoms with Crippen molar-refractivity contribution in [3.8, 4) is 0 Å². The first-order valence-corrected chi connectivity index (χ1v) is 4.03. The van der Waals surface area contributed by atoms with Crippen LogP contribution in [0.25, 0.3) is 0 Å². The van der Waals surface area contributed by atoms with Crippen LogP contribution in [0.2, 0.25) is 0 Å². The van der Waals surface area contributed by atoms with Gasteiger partial charge in [0.25, 0.3) is 0 Å². The molecular weight excluding hydrogens is 136 g/mol. The molecule has 0 aromatic carbocycles. The van der Waals surface area contributed by atoms with Crippen molar-refractivity contribution in [1.29, 1.82) is 0 Å².